The molecule has 8 nitrogen and oxygen atoms in total. The molecule has 1 aromatic heterocycles. The van der Waals surface area contributed by atoms with Gasteiger partial charge < -0.3 is 16.4 Å². The Bertz CT molecular complexity index is 1110. The van der Waals surface area contributed by atoms with Gasteiger partial charge in [0.2, 0.25) is 5.91 Å². The molecule has 5 amide bonds. The number of urea groups is 1. The number of carbonyl (C=O) groups excluding carboxylic acids is 4. The third kappa shape index (κ3) is 3.57. The summed E-state index contributed by atoms with van der Waals surface area (Å²) >= 11 is 7.39. The van der Waals surface area contributed by atoms with E-state index in [1.165, 1.54) is 11.3 Å². The maximum absolute atomic E-state index is 13.2. The summed E-state index contributed by atoms with van der Waals surface area (Å²) in [5.41, 5.74) is 5.99. The lowest BCUT2D eigenvalue weighted by atomic mass is 9.87. The molecule has 0 radical (unpaired) electrons. The molecule has 10 heteroatoms. The van der Waals surface area contributed by atoms with Crippen LogP contribution < -0.4 is 16.4 Å². The number of anilines is 1. The van der Waals surface area contributed by atoms with Gasteiger partial charge in [-0.25, -0.2) is 4.79 Å². The van der Waals surface area contributed by atoms with E-state index in [1.54, 1.807) is 31.2 Å². The zero-order valence-corrected chi connectivity index (χ0v) is 18.4. The lowest BCUT2D eigenvalue weighted by Gasteiger charge is -2.25. The summed E-state index contributed by atoms with van der Waals surface area (Å²) in [7, 11) is 0. The third-order valence-corrected chi connectivity index (χ3v) is 7.19. The Morgan fingerprint density at radius 1 is 1.32 bits per heavy atom. The van der Waals surface area contributed by atoms with E-state index in [0.717, 1.165) is 34.6 Å². The zero-order valence-electron chi connectivity index (χ0n) is 16.8. The van der Waals surface area contributed by atoms with E-state index in [-0.39, 0.29) is 0 Å². The molecule has 31 heavy (non-hydrogen) atoms. The molecule has 162 valence electrons. The fraction of sp³-hybridized carbons (Fsp3) is 0.333. The number of carbonyl (C=O) groups is 4. The number of amides is 5. The van der Waals surface area contributed by atoms with Crippen LogP contribution in [0.25, 0.3) is 0 Å². The van der Waals surface area contributed by atoms with Gasteiger partial charge in [-0.2, -0.15) is 0 Å². The van der Waals surface area contributed by atoms with Gasteiger partial charge in [0.15, 0.2) is 0 Å². The Kier molecular flexibility index (Phi) is 5.49. The number of hydrogen-bond acceptors (Lipinski definition) is 5. The average Bonchev–Trinajstić information content (AvgIpc) is 3.36. The van der Waals surface area contributed by atoms with Crippen molar-refractivity contribution >= 4 is 51.7 Å². The molecule has 1 atom stereocenters. The van der Waals surface area contributed by atoms with Crippen LogP contribution in [0.3, 0.4) is 0 Å². The summed E-state index contributed by atoms with van der Waals surface area (Å²) in [5.74, 6) is -1.71. The van der Waals surface area contributed by atoms with Crippen molar-refractivity contribution in [2.45, 2.75) is 38.1 Å². The average molecular weight is 461 g/mol. The predicted octanol–water partition coefficient (Wildman–Crippen LogP) is 2.78. The SMILES string of the molecule is CC[C@]1(c2cccc(Cl)c2)NC(=O)N(CC(=O)Nc2sc3c(c2C(N)=O)CCC3)C1=O. The van der Waals surface area contributed by atoms with Gasteiger partial charge in [0.1, 0.15) is 17.1 Å². The number of benzene rings is 1. The second-order valence-corrected chi connectivity index (χ2v) is 9.11. The van der Waals surface area contributed by atoms with E-state index in [1.807, 2.05) is 0 Å². The van der Waals surface area contributed by atoms with Crippen LogP contribution in [0.4, 0.5) is 9.80 Å². The summed E-state index contributed by atoms with van der Waals surface area (Å²) in [5, 5.41) is 6.19. The van der Waals surface area contributed by atoms with Gasteiger partial charge in [-0.15, -0.1) is 11.3 Å². The second kappa shape index (κ2) is 7.97. The fourth-order valence-electron chi connectivity index (χ4n) is 4.23. The molecular formula is C21H21ClN4O4S. The Morgan fingerprint density at radius 2 is 2.10 bits per heavy atom. The fourth-order valence-corrected chi connectivity index (χ4v) is 5.73. The van der Waals surface area contributed by atoms with E-state index in [0.29, 0.717) is 27.6 Å². The zero-order chi connectivity index (χ0) is 22.3. The maximum atomic E-state index is 13.2. The lowest BCUT2D eigenvalue weighted by molar-refractivity contribution is -0.134. The van der Waals surface area contributed by atoms with E-state index < -0.39 is 35.8 Å². The predicted molar refractivity (Wildman–Crippen MR) is 117 cm³/mol. The van der Waals surface area contributed by atoms with Crippen LogP contribution in [0, 0.1) is 0 Å². The van der Waals surface area contributed by atoms with Crippen LogP contribution in [0.15, 0.2) is 24.3 Å². The van der Waals surface area contributed by atoms with Gasteiger partial charge in [-0.1, -0.05) is 30.7 Å². The van der Waals surface area contributed by atoms with Crippen molar-refractivity contribution in [3.63, 3.8) is 0 Å². The number of nitrogens with one attached hydrogen (secondary N) is 2. The molecule has 0 saturated carbocycles. The van der Waals surface area contributed by atoms with Crippen LogP contribution in [0.5, 0.6) is 0 Å². The number of rotatable bonds is 6. The number of halogens is 1. The summed E-state index contributed by atoms with van der Waals surface area (Å²) < 4.78 is 0. The van der Waals surface area contributed by atoms with Crippen LogP contribution in [0.2, 0.25) is 5.02 Å². The molecule has 2 heterocycles. The highest BCUT2D eigenvalue weighted by Crippen LogP contribution is 2.39. The second-order valence-electron chi connectivity index (χ2n) is 7.56. The highest BCUT2D eigenvalue weighted by atomic mass is 35.5. The first-order valence-corrected chi connectivity index (χ1v) is 11.1. The molecule has 4 N–H and O–H groups in total. The van der Waals surface area contributed by atoms with E-state index in [2.05, 4.69) is 10.6 Å². The molecule has 0 bridgehead atoms. The lowest BCUT2D eigenvalue weighted by Crippen LogP contribution is -2.44. The molecule has 1 saturated heterocycles. The summed E-state index contributed by atoms with van der Waals surface area (Å²) in [4.78, 5) is 52.3. The minimum absolute atomic E-state index is 0.291. The highest BCUT2D eigenvalue weighted by Gasteiger charge is 2.51. The van der Waals surface area contributed by atoms with Crippen molar-refractivity contribution in [1.29, 1.82) is 0 Å². The molecule has 2 aliphatic rings. The largest absolute Gasteiger partial charge is 0.365 e. The molecular weight excluding hydrogens is 440 g/mol. The van der Waals surface area contributed by atoms with Crippen molar-refractivity contribution in [2.24, 2.45) is 5.73 Å². The normalized spacial score (nSPS) is 20.0. The molecule has 4 rings (SSSR count). The van der Waals surface area contributed by atoms with Gasteiger partial charge >= 0.3 is 6.03 Å². The summed E-state index contributed by atoms with van der Waals surface area (Å²) in [6.45, 7) is 1.29. The molecule has 1 aromatic carbocycles. The molecule has 1 fully saturated rings. The van der Waals surface area contributed by atoms with Crippen molar-refractivity contribution in [2.75, 3.05) is 11.9 Å². The van der Waals surface area contributed by atoms with Gasteiger partial charge in [0, 0.05) is 9.90 Å². The standard InChI is InChI=1S/C21H21ClN4O4S/c1-2-21(11-5-3-6-12(22)9-11)19(29)26(20(30)25-21)10-15(27)24-18-16(17(23)28)13-7-4-8-14(13)31-18/h3,5-6,9H,2,4,7-8,10H2,1H3,(H2,23,28)(H,24,27)(H,25,30)/t21-/m1/s1. The first kappa shape index (κ1) is 21.3. The van der Waals surface area contributed by atoms with E-state index in [4.69, 9.17) is 17.3 Å². The van der Waals surface area contributed by atoms with Crippen molar-refractivity contribution < 1.29 is 19.2 Å². The topological polar surface area (TPSA) is 122 Å². The van der Waals surface area contributed by atoms with E-state index in [9.17, 15) is 19.2 Å². The van der Waals surface area contributed by atoms with Crippen LogP contribution in [0.1, 0.15) is 46.1 Å². The van der Waals surface area contributed by atoms with Crippen LogP contribution >= 0.6 is 22.9 Å². The van der Waals surface area contributed by atoms with Gasteiger partial charge in [0.05, 0.1) is 5.56 Å². The summed E-state index contributed by atoms with van der Waals surface area (Å²) in [6.07, 6.45) is 2.81. The number of nitrogens with zero attached hydrogens (tertiary/aromatic N) is 1. The molecule has 1 aliphatic carbocycles. The number of hydrogen-bond donors (Lipinski definition) is 3. The van der Waals surface area contributed by atoms with Crippen molar-refractivity contribution in [3.8, 4) is 0 Å². The smallest absolute Gasteiger partial charge is 0.325 e. The molecule has 0 unspecified atom stereocenters. The quantitative estimate of drug-likeness (QED) is 0.573. The van der Waals surface area contributed by atoms with Crippen molar-refractivity contribution in [1.82, 2.24) is 10.2 Å². The monoisotopic (exact) mass is 460 g/mol. The van der Waals surface area contributed by atoms with Crippen LogP contribution in [-0.4, -0.2) is 35.2 Å². The number of aryl methyl sites for hydroxylation is 1. The Labute approximate surface area is 187 Å². The van der Waals surface area contributed by atoms with E-state index >= 15 is 0 Å². The third-order valence-electron chi connectivity index (χ3n) is 5.75. The highest BCUT2D eigenvalue weighted by molar-refractivity contribution is 7.17. The molecule has 1 aliphatic heterocycles. The van der Waals surface area contributed by atoms with Gasteiger partial charge in [-0.3, -0.25) is 19.3 Å². The maximum Gasteiger partial charge on any atom is 0.325 e. The number of imide groups is 1. The Hall–Kier alpha value is -2.91. The Balaban J connectivity index is 1.55. The van der Waals surface area contributed by atoms with Crippen LogP contribution in [-0.2, 0) is 28.0 Å². The molecule has 0 spiro atoms. The number of thiophene rings is 1. The number of nitrogens with two attached hydrogens (primary N) is 1. The number of primary amides is 1. The first-order valence-electron chi connectivity index (χ1n) is 9.91. The van der Waals surface area contributed by atoms with Crippen molar-refractivity contribution in [3.05, 3.63) is 50.9 Å². The molecule has 2 aromatic rings. The Morgan fingerprint density at radius 3 is 2.77 bits per heavy atom. The number of fused-ring (bicyclic) bond motifs is 1. The van der Waals surface area contributed by atoms with Gasteiger partial charge in [0.25, 0.3) is 11.8 Å². The summed E-state index contributed by atoms with van der Waals surface area (Å²) in [6, 6.07) is 6.05. The van der Waals surface area contributed by atoms with Gasteiger partial charge in [-0.05, 0) is 48.9 Å². The minimum atomic E-state index is -1.29. The minimum Gasteiger partial charge on any atom is -0.365 e. The first-order chi connectivity index (χ1) is 14.8.